The molecule has 0 amide bonds. The van der Waals surface area contributed by atoms with E-state index >= 15 is 0 Å². The first kappa shape index (κ1) is 13.4. The van der Waals surface area contributed by atoms with Crippen LogP contribution in [0.5, 0.6) is 5.75 Å². The molecular formula is C14H13NO3S. The van der Waals surface area contributed by atoms with E-state index in [1.54, 1.807) is 23.9 Å². The van der Waals surface area contributed by atoms with Gasteiger partial charge in [0, 0.05) is 22.8 Å². The molecule has 2 aromatic carbocycles. The van der Waals surface area contributed by atoms with Crippen LogP contribution in [0.4, 0.5) is 5.69 Å². The van der Waals surface area contributed by atoms with Crippen LogP contribution < -0.4 is 4.74 Å². The van der Waals surface area contributed by atoms with E-state index in [-0.39, 0.29) is 5.69 Å². The van der Waals surface area contributed by atoms with Gasteiger partial charge in [0.1, 0.15) is 5.75 Å². The number of rotatable bonds is 6. The van der Waals surface area contributed by atoms with Gasteiger partial charge >= 0.3 is 0 Å². The summed E-state index contributed by atoms with van der Waals surface area (Å²) in [6.45, 7) is 0.567. The smallest absolute Gasteiger partial charge is 0.269 e. The van der Waals surface area contributed by atoms with Gasteiger partial charge < -0.3 is 4.74 Å². The lowest BCUT2D eigenvalue weighted by Gasteiger charge is -2.05. The Bertz CT molecular complexity index is 528. The van der Waals surface area contributed by atoms with Gasteiger partial charge in [0.25, 0.3) is 5.69 Å². The van der Waals surface area contributed by atoms with Crippen molar-refractivity contribution in [2.45, 2.75) is 4.90 Å². The second-order valence-electron chi connectivity index (χ2n) is 3.76. The van der Waals surface area contributed by atoms with E-state index in [1.165, 1.54) is 17.0 Å². The quantitative estimate of drug-likeness (QED) is 0.348. The molecule has 0 aromatic heterocycles. The molecule has 0 heterocycles. The van der Waals surface area contributed by atoms with E-state index in [2.05, 4.69) is 12.1 Å². The largest absolute Gasteiger partial charge is 0.493 e. The molecule has 4 nitrogen and oxygen atoms in total. The fraction of sp³-hybridized carbons (Fsp3) is 0.143. The Balaban J connectivity index is 1.75. The summed E-state index contributed by atoms with van der Waals surface area (Å²) in [5.74, 6) is 1.49. The van der Waals surface area contributed by atoms with Gasteiger partial charge in [-0.3, -0.25) is 10.1 Å². The van der Waals surface area contributed by atoms with E-state index in [0.717, 1.165) is 5.75 Å². The molecule has 0 atom stereocenters. The SMILES string of the molecule is O=[N+]([O-])c1ccc(OCCSc2ccccc2)cc1. The second kappa shape index (κ2) is 6.80. The van der Waals surface area contributed by atoms with E-state index in [1.807, 2.05) is 18.2 Å². The number of nitro benzene ring substituents is 1. The van der Waals surface area contributed by atoms with Crippen LogP contribution in [-0.4, -0.2) is 17.3 Å². The number of thioether (sulfide) groups is 1. The maximum absolute atomic E-state index is 10.5. The zero-order valence-corrected chi connectivity index (χ0v) is 11.0. The van der Waals surface area contributed by atoms with Crippen molar-refractivity contribution in [2.24, 2.45) is 0 Å². The zero-order chi connectivity index (χ0) is 13.5. The van der Waals surface area contributed by atoms with Gasteiger partial charge in [0.2, 0.25) is 0 Å². The third kappa shape index (κ3) is 4.30. The van der Waals surface area contributed by atoms with E-state index < -0.39 is 4.92 Å². The molecule has 0 unspecified atom stereocenters. The van der Waals surface area contributed by atoms with Crippen molar-refractivity contribution in [3.05, 3.63) is 64.7 Å². The molecule has 19 heavy (non-hydrogen) atoms. The molecule has 0 saturated heterocycles. The van der Waals surface area contributed by atoms with Crippen molar-refractivity contribution in [1.29, 1.82) is 0 Å². The molecule has 0 N–H and O–H groups in total. The summed E-state index contributed by atoms with van der Waals surface area (Å²) in [4.78, 5) is 11.3. The fourth-order valence-corrected chi connectivity index (χ4v) is 2.25. The lowest BCUT2D eigenvalue weighted by Crippen LogP contribution is -2.00. The summed E-state index contributed by atoms with van der Waals surface area (Å²) in [5, 5.41) is 10.5. The molecule has 2 aromatic rings. The number of non-ortho nitro benzene ring substituents is 1. The van der Waals surface area contributed by atoms with Crippen LogP contribution in [0.25, 0.3) is 0 Å². The fourth-order valence-electron chi connectivity index (χ4n) is 1.50. The third-order valence-corrected chi connectivity index (χ3v) is 3.39. The van der Waals surface area contributed by atoms with Crippen molar-refractivity contribution >= 4 is 17.4 Å². The van der Waals surface area contributed by atoms with Crippen LogP contribution in [0.3, 0.4) is 0 Å². The van der Waals surface area contributed by atoms with Crippen LogP contribution in [-0.2, 0) is 0 Å². The topological polar surface area (TPSA) is 52.4 Å². The minimum atomic E-state index is -0.422. The molecule has 0 spiro atoms. The van der Waals surface area contributed by atoms with Gasteiger partial charge in [0.05, 0.1) is 11.5 Å². The van der Waals surface area contributed by atoms with Crippen LogP contribution in [0.1, 0.15) is 0 Å². The number of benzene rings is 2. The molecule has 0 aliphatic carbocycles. The number of ether oxygens (including phenoxy) is 1. The number of hydrogen-bond donors (Lipinski definition) is 0. The highest BCUT2D eigenvalue weighted by molar-refractivity contribution is 7.99. The summed E-state index contributed by atoms with van der Waals surface area (Å²) < 4.78 is 5.52. The molecule has 5 heteroatoms. The molecule has 0 aliphatic rings. The molecule has 0 fully saturated rings. The van der Waals surface area contributed by atoms with E-state index in [0.29, 0.717) is 12.4 Å². The summed E-state index contributed by atoms with van der Waals surface area (Å²) in [6, 6.07) is 16.2. The molecule has 0 saturated carbocycles. The van der Waals surface area contributed by atoms with Gasteiger partial charge in [-0.05, 0) is 24.3 Å². The maximum atomic E-state index is 10.5. The van der Waals surface area contributed by atoms with E-state index in [9.17, 15) is 10.1 Å². The molecule has 0 bridgehead atoms. The van der Waals surface area contributed by atoms with Crippen molar-refractivity contribution in [3.63, 3.8) is 0 Å². The van der Waals surface area contributed by atoms with Crippen molar-refractivity contribution < 1.29 is 9.66 Å². The molecule has 98 valence electrons. The Morgan fingerprint density at radius 3 is 2.37 bits per heavy atom. The van der Waals surface area contributed by atoms with Gasteiger partial charge in [0.15, 0.2) is 0 Å². The van der Waals surface area contributed by atoms with Crippen LogP contribution >= 0.6 is 11.8 Å². The Morgan fingerprint density at radius 2 is 1.74 bits per heavy atom. The van der Waals surface area contributed by atoms with Crippen molar-refractivity contribution in [2.75, 3.05) is 12.4 Å². The molecule has 0 aliphatic heterocycles. The summed E-state index contributed by atoms with van der Waals surface area (Å²) in [7, 11) is 0. The molecule has 0 radical (unpaired) electrons. The third-order valence-electron chi connectivity index (χ3n) is 2.41. The van der Waals surface area contributed by atoms with Gasteiger partial charge in [-0.2, -0.15) is 0 Å². The standard InChI is InChI=1S/C14H13NO3S/c16-15(17)12-6-8-13(9-7-12)18-10-11-19-14-4-2-1-3-5-14/h1-9H,10-11H2. The van der Waals surface area contributed by atoms with Crippen LogP contribution in [0, 0.1) is 10.1 Å². The van der Waals surface area contributed by atoms with Gasteiger partial charge in [-0.1, -0.05) is 18.2 Å². The minimum Gasteiger partial charge on any atom is -0.493 e. The van der Waals surface area contributed by atoms with Crippen LogP contribution in [0.15, 0.2) is 59.5 Å². The zero-order valence-electron chi connectivity index (χ0n) is 10.2. The predicted octanol–water partition coefficient (Wildman–Crippen LogP) is 3.77. The number of hydrogen-bond acceptors (Lipinski definition) is 4. The lowest BCUT2D eigenvalue weighted by atomic mass is 10.3. The average Bonchev–Trinajstić information content (AvgIpc) is 2.45. The number of nitro groups is 1. The lowest BCUT2D eigenvalue weighted by molar-refractivity contribution is -0.384. The summed E-state index contributed by atoms with van der Waals surface area (Å²) in [6.07, 6.45) is 0. The highest BCUT2D eigenvalue weighted by atomic mass is 32.2. The predicted molar refractivity (Wildman–Crippen MR) is 75.8 cm³/mol. The normalized spacial score (nSPS) is 10.1. The monoisotopic (exact) mass is 275 g/mol. The Kier molecular flexibility index (Phi) is 4.80. The first-order valence-electron chi connectivity index (χ1n) is 5.81. The highest BCUT2D eigenvalue weighted by Gasteiger charge is 2.04. The summed E-state index contributed by atoms with van der Waals surface area (Å²) in [5.41, 5.74) is 0.0750. The first-order valence-corrected chi connectivity index (χ1v) is 6.79. The van der Waals surface area contributed by atoms with Gasteiger partial charge in [-0.25, -0.2) is 0 Å². The first-order chi connectivity index (χ1) is 9.25. The van der Waals surface area contributed by atoms with E-state index in [4.69, 9.17) is 4.74 Å². The number of nitrogens with zero attached hydrogens (tertiary/aromatic N) is 1. The minimum absolute atomic E-state index is 0.0750. The Labute approximate surface area is 115 Å². The van der Waals surface area contributed by atoms with Gasteiger partial charge in [-0.15, -0.1) is 11.8 Å². The maximum Gasteiger partial charge on any atom is 0.269 e. The van der Waals surface area contributed by atoms with Crippen LogP contribution in [0.2, 0.25) is 0 Å². The average molecular weight is 275 g/mol. The molecular weight excluding hydrogens is 262 g/mol. The molecule has 2 rings (SSSR count). The second-order valence-corrected chi connectivity index (χ2v) is 4.93. The Morgan fingerprint density at radius 1 is 1.05 bits per heavy atom. The Hall–Kier alpha value is -2.01. The van der Waals surface area contributed by atoms with Crippen molar-refractivity contribution in [1.82, 2.24) is 0 Å². The van der Waals surface area contributed by atoms with Crippen molar-refractivity contribution in [3.8, 4) is 5.75 Å². The highest BCUT2D eigenvalue weighted by Crippen LogP contribution is 2.19. The summed E-state index contributed by atoms with van der Waals surface area (Å²) >= 11 is 1.71.